The minimum atomic E-state index is 0.946. The lowest BCUT2D eigenvalue weighted by Crippen LogP contribution is -1.95. The van der Waals surface area contributed by atoms with Crippen molar-refractivity contribution in [2.45, 2.75) is 6.42 Å². The number of para-hydroxylation sites is 1. The van der Waals surface area contributed by atoms with Gasteiger partial charge in [-0.1, -0.05) is 30.4 Å². The highest BCUT2D eigenvalue weighted by Gasteiger charge is 2.12. The molecular formula is C14H10N2. The fourth-order valence-corrected chi connectivity index (χ4v) is 2.51. The quantitative estimate of drug-likeness (QED) is 0.552. The van der Waals surface area contributed by atoms with Crippen LogP contribution in [-0.2, 0) is 6.42 Å². The number of hydrogen-bond donors (Lipinski definition) is 0. The largest absolute Gasteiger partial charge is 0.298 e. The first kappa shape index (κ1) is 8.11. The molecule has 0 unspecified atom stereocenters. The maximum Gasteiger partial charge on any atom is 0.100 e. The van der Waals surface area contributed by atoms with Gasteiger partial charge in [-0.25, -0.2) is 4.98 Å². The van der Waals surface area contributed by atoms with Crippen molar-refractivity contribution in [3.05, 3.63) is 54.0 Å². The molecule has 0 N–H and O–H groups in total. The van der Waals surface area contributed by atoms with Gasteiger partial charge in [0.2, 0.25) is 0 Å². The number of rotatable bonds is 0. The second-order valence-electron chi connectivity index (χ2n) is 4.17. The molecule has 2 aromatic heterocycles. The Labute approximate surface area is 92.9 Å². The van der Waals surface area contributed by atoms with E-state index in [1.54, 1.807) is 0 Å². The molecule has 4 rings (SSSR count). The molecule has 16 heavy (non-hydrogen) atoms. The summed E-state index contributed by atoms with van der Waals surface area (Å²) in [5.74, 6) is 0. The van der Waals surface area contributed by atoms with Crippen LogP contribution in [-0.4, -0.2) is 9.38 Å². The Morgan fingerprint density at radius 2 is 2.12 bits per heavy atom. The molecule has 76 valence electrons. The van der Waals surface area contributed by atoms with Gasteiger partial charge < -0.3 is 0 Å². The van der Waals surface area contributed by atoms with Gasteiger partial charge in [0.15, 0.2) is 0 Å². The number of benzene rings is 1. The second-order valence-corrected chi connectivity index (χ2v) is 4.17. The van der Waals surface area contributed by atoms with Gasteiger partial charge >= 0.3 is 0 Å². The van der Waals surface area contributed by atoms with E-state index >= 15 is 0 Å². The molecule has 0 fully saturated rings. The van der Waals surface area contributed by atoms with Crippen LogP contribution in [0.4, 0.5) is 0 Å². The van der Waals surface area contributed by atoms with Crippen molar-refractivity contribution in [1.29, 1.82) is 0 Å². The molecule has 2 heteroatoms. The van der Waals surface area contributed by atoms with Crippen molar-refractivity contribution >= 4 is 22.5 Å². The number of aromatic nitrogens is 2. The average Bonchev–Trinajstić information content (AvgIpc) is 2.76. The summed E-state index contributed by atoms with van der Waals surface area (Å²) in [5, 5.41) is 1.26. The highest BCUT2D eigenvalue weighted by atomic mass is 15.0. The van der Waals surface area contributed by atoms with E-state index in [0.717, 1.165) is 6.42 Å². The number of fused-ring (bicyclic) bond motifs is 2. The summed E-state index contributed by atoms with van der Waals surface area (Å²) in [7, 11) is 0. The molecule has 1 aliphatic rings. The minimum absolute atomic E-state index is 0.946. The maximum atomic E-state index is 4.49. The molecule has 0 radical (unpaired) electrons. The van der Waals surface area contributed by atoms with Crippen molar-refractivity contribution < 1.29 is 0 Å². The molecule has 0 spiro atoms. The van der Waals surface area contributed by atoms with Crippen molar-refractivity contribution in [3.8, 4) is 0 Å². The monoisotopic (exact) mass is 206 g/mol. The molecule has 0 saturated carbocycles. The minimum Gasteiger partial charge on any atom is -0.298 e. The SMILES string of the molecule is C1=Cc2cc3ccccc3n3cnc(c23)C1. The van der Waals surface area contributed by atoms with Crippen molar-refractivity contribution in [3.63, 3.8) is 0 Å². The highest BCUT2D eigenvalue weighted by molar-refractivity contribution is 5.89. The van der Waals surface area contributed by atoms with Gasteiger partial charge in [0.25, 0.3) is 0 Å². The summed E-state index contributed by atoms with van der Waals surface area (Å²) >= 11 is 0. The molecule has 0 aliphatic heterocycles. The normalized spacial score (nSPS) is 13.8. The summed E-state index contributed by atoms with van der Waals surface area (Å²) in [4.78, 5) is 4.49. The summed E-state index contributed by atoms with van der Waals surface area (Å²) in [6.07, 6.45) is 7.25. The zero-order chi connectivity index (χ0) is 10.5. The van der Waals surface area contributed by atoms with Crippen LogP contribution < -0.4 is 0 Å². The molecule has 2 nitrogen and oxygen atoms in total. The Morgan fingerprint density at radius 1 is 1.19 bits per heavy atom. The fourth-order valence-electron chi connectivity index (χ4n) is 2.51. The van der Waals surface area contributed by atoms with Gasteiger partial charge in [0.1, 0.15) is 6.33 Å². The van der Waals surface area contributed by atoms with Crippen molar-refractivity contribution in [2.24, 2.45) is 0 Å². The number of allylic oxidation sites excluding steroid dienone is 1. The zero-order valence-corrected chi connectivity index (χ0v) is 8.72. The topological polar surface area (TPSA) is 17.3 Å². The van der Waals surface area contributed by atoms with E-state index in [1.165, 1.54) is 27.7 Å². The van der Waals surface area contributed by atoms with Crippen molar-refractivity contribution in [2.75, 3.05) is 0 Å². The number of nitrogens with zero attached hydrogens (tertiary/aromatic N) is 2. The van der Waals surface area contributed by atoms with Crippen LogP contribution in [0.1, 0.15) is 11.3 Å². The van der Waals surface area contributed by atoms with E-state index in [0.29, 0.717) is 0 Å². The number of imidazole rings is 1. The summed E-state index contributed by atoms with van der Waals surface area (Å²) in [5.41, 5.74) is 4.96. The number of pyridine rings is 1. The lowest BCUT2D eigenvalue weighted by molar-refractivity contribution is 1.15. The fraction of sp³-hybridized carbons (Fsp3) is 0.0714. The molecule has 1 aromatic carbocycles. The third kappa shape index (κ3) is 0.890. The maximum absolute atomic E-state index is 4.49. The first-order valence-electron chi connectivity index (χ1n) is 5.48. The van der Waals surface area contributed by atoms with Crippen LogP contribution >= 0.6 is 0 Å². The van der Waals surface area contributed by atoms with Crippen LogP contribution in [0, 0.1) is 0 Å². The lowest BCUT2D eigenvalue weighted by Gasteiger charge is -2.09. The zero-order valence-electron chi connectivity index (χ0n) is 8.72. The molecule has 3 aromatic rings. The average molecular weight is 206 g/mol. The van der Waals surface area contributed by atoms with Gasteiger partial charge in [-0.15, -0.1) is 0 Å². The summed E-state index contributed by atoms with van der Waals surface area (Å²) in [6, 6.07) is 10.7. The second kappa shape index (κ2) is 2.73. The Bertz CT molecular complexity index is 735. The van der Waals surface area contributed by atoms with E-state index in [2.05, 4.69) is 51.9 Å². The van der Waals surface area contributed by atoms with Crippen LogP contribution in [0.25, 0.3) is 22.5 Å². The van der Waals surface area contributed by atoms with E-state index in [1.807, 2.05) is 6.33 Å². The summed E-state index contributed by atoms with van der Waals surface area (Å²) in [6.45, 7) is 0. The molecular weight excluding hydrogens is 196 g/mol. The molecule has 0 saturated heterocycles. The van der Waals surface area contributed by atoms with E-state index in [4.69, 9.17) is 0 Å². The molecule has 0 atom stereocenters. The standard InChI is InChI=1S/C14H10N2/c1-2-7-13-10(4-1)8-11-5-3-6-12-14(11)16(13)9-15-12/h1-5,7-9H,6H2. The van der Waals surface area contributed by atoms with E-state index in [9.17, 15) is 0 Å². The van der Waals surface area contributed by atoms with E-state index in [-0.39, 0.29) is 0 Å². The van der Waals surface area contributed by atoms with Gasteiger partial charge in [-0.05, 0) is 17.5 Å². The first-order valence-corrected chi connectivity index (χ1v) is 5.48. The third-order valence-electron chi connectivity index (χ3n) is 3.23. The van der Waals surface area contributed by atoms with Gasteiger partial charge in [-0.2, -0.15) is 0 Å². The Morgan fingerprint density at radius 3 is 3.12 bits per heavy atom. The van der Waals surface area contributed by atoms with Crippen LogP contribution in [0.5, 0.6) is 0 Å². The lowest BCUT2D eigenvalue weighted by atomic mass is 10.0. The molecule has 1 aliphatic carbocycles. The smallest absolute Gasteiger partial charge is 0.100 e. The van der Waals surface area contributed by atoms with Gasteiger partial charge in [0, 0.05) is 12.0 Å². The summed E-state index contributed by atoms with van der Waals surface area (Å²) < 4.78 is 2.20. The molecule has 0 amide bonds. The van der Waals surface area contributed by atoms with E-state index < -0.39 is 0 Å². The van der Waals surface area contributed by atoms with Crippen LogP contribution in [0.2, 0.25) is 0 Å². The van der Waals surface area contributed by atoms with Crippen molar-refractivity contribution in [1.82, 2.24) is 9.38 Å². The Balaban J connectivity index is 2.34. The van der Waals surface area contributed by atoms with Gasteiger partial charge in [0.05, 0.1) is 16.7 Å². The molecule has 0 bridgehead atoms. The first-order chi connectivity index (χ1) is 7.93. The predicted molar refractivity (Wildman–Crippen MR) is 65.4 cm³/mol. The van der Waals surface area contributed by atoms with Crippen LogP contribution in [0.15, 0.2) is 42.7 Å². The highest BCUT2D eigenvalue weighted by Crippen LogP contribution is 2.27. The Hall–Kier alpha value is -2.09. The van der Waals surface area contributed by atoms with Gasteiger partial charge in [-0.3, -0.25) is 4.40 Å². The number of hydrogen-bond acceptors (Lipinski definition) is 1. The van der Waals surface area contributed by atoms with Crippen LogP contribution in [0.3, 0.4) is 0 Å². The molecule has 2 heterocycles. The predicted octanol–water partition coefficient (Wildman–Crippen LogP) is 3.06. The Kier molecular flexibility index (Phi) is 1.38. The third-order valence-corrected chi connectivity index (χ3v) is 3.23.